The van der Waals surface area contributed by atoms with E-state index in [4.69, 9.17) is 9.84 Å². The Morgan fingerprint density at radius 2 is 2.00 bits per heavy atom. The second-order valence-electron chi connectivity index (χ2n) is 4.93. The molecule has 1 heterocycles. The van der Waals surface area contributed by atoms with Crippen molar-refractivity contribution in [2.75, 3.05) is 6.61 Å². The second kappa shape index (κ2) is 5.24. The van der Waals surface area contributed by atoms with Crippen LogP contribution in [-0.4, -0.2) is 22.2 Å². The molecule has 96 valence electrons. The van der Waals surface area contributed by atoms with Crippen molar-refractivity contribution >= 4 is 22.4 Å². The maximum Gasteiger partial charge on any atom is 0.201 e. The van der Waals surface area contributed by atoms with Gasteiger partial charge in [-0.15, -0.1) is 0 Å². The molecule has 4 heteroatoms. The minimum Gasteiger partial charge on any atom is -0.479 e. The van der Waals surface area contributed by atoms with Gasteiger partial charge >= 0.3 is 0 Å². The van der Waals surface area contributed by atoms with Gasteiger partial charge < -0.3 is 9.84 Å². The number of hydrogen-bond acceptors (Lipinski definition) is 4. The maximum atomic E-state index is 9.13. The van der Waals surface area contributed by atoms with Gasteiger partial charge in [0.25, 0.3) is 0 Å². The third-order valence-corrected chi connectivity index (χ3v) is 4.45. The van der Waals surface area contributed by atoms with E-state index >= 15 is 0 Å². The topological polar surface area (TPSA) is 42.4 Å². The van der Waals surface area contributed by atoms with Crippen molar-refractivity contribution in [3.05, 3.63) is 24.3 Å². The molecule has 18 heavy (non-hydrogen) atoms. The SMILES string of the molecule is OCC1CCC(Oc2snc3ccccc23)CC1. The number of benzene rings is 1. The van der Waals surface area contributed by atoms with Crippen LogP contribution in [0.3, 0.4) is 0 Å². The Balaban J connectivity index is 1.70. The van der Waals surface area contributed by atoms with Crippen LogP contribution in [0.25, 0.3) is 10.9 Å². The molecule has 0 spiro atoms. The summed E-state index contributed by atoms with van der Waals surface area (Å²) >= 11 is 1.44. The standard InChI is InChI=1S/C14H17NO2S/c16-9-10-5-7-11(8-6-10)17-14-12-3-1-2-4-13(12)15-18-14/h1-4,10-11,16H,5-9H2. The maximum absolute atomic E-state index is 9.13. The summed E-state index contributed by atoms with van der Waals surface area (Å²) in [4.78, 5) is 0. The predicted octanol–water partition coefficient (Wildman–Crippen LogP) is 3.23. The van der Waals surface area contributed by atoms with Crippen LogP contribution in [0, 0.1) is 5.92 Å². The minimum absolute atomic E-state index is 0.289. The van der Waals surface area contributed by atoms with Gasteiger partial charge in [-0.3, -0.25) is 0 Å². The van der Waals surface area contributed by atoms with Gasteiger partial charge in [0, 0.05) is 18.1 Å². The number of rotatable bonds is 3. The molecular weight excluding hydrogens is 246 g/mol. The van der Waals surface area contributed by atoms with Gasteiger partial charge in [-0.2, -0.15) is 4.37 Å². The lowest BCUT2D eigenvalue weighted by Crippen LogP contribution is -2.25. The Labute approximate surface area is 111 Å². The zero-order chi connectivity index (χ0) is 12.4. The van der Waals surface area contributed by atoms with Crippen LogP contribution in [0.15, 0.2) is 24.3 Å². The fourth-order valence-electron chi connectivity index (χ4n) is 2.53. The van der Waals surface area contributed by atoms with Crippen LogP contribution in [0.1, 0.15) is 25.7 Å². The van der Waals surface area contributed by atoms with Crippen LogP contribution >= 0.6 is 11.5 Å². The van der Waals surface area contributed by atoms with Crippen molar-refractivity contribution in [3.8, 4) is 5.06 Å². The number of aliphatic hydroxyl groups is 1. The summed E-state index contributed by atoms with van der Waals surface area (Å²) in [6, 6.07) is 8.10. The molecule has 1 saturated carbocycles. The molecule has 0 bridgehead atoms. The lowest BCUT2D eigenvalue weighted by atomic mass is 9.88. The van der Waals surface area contributed by atoms with Crippen molar-refractivity contribution in [1.82, 2.24) is 4.37 Å². The molecule has 0 saturated heterocycles. The molecule has 1 aromatic heterocycles. The average molecular weight is 263 g/mol. The quantitative estimate of drug-likeness (QED) is 0.924. The van der Waals surface area contributed by atoms with Gasteiger partial charge in [-0.05, 0) is 43.7 Å². The Hall–Kier alpha value is -1.13. The van der Waals surface area contributed by atoms with Gasteiger partial charge in [0.05, 0.1) is 17.0 Å². The Morgan fingerprint density at radius 3 is 2.78 bits per heavy atom. The molecule has 0 amide bonds. The van der Waals surface area contributed by atoms with Crippen molar-refractivity contribution < 1.29 is 9.84 Å². The molecule has 0 atom stereocenters. The third-order valence-electron chi connectivity index (χ3n) is 3.68. The van der Waals surface area contributed by atoms with Crippen LogP contribution in [0.4, 0.5) is 0 Å². The number of nitrogens with zero attached hydrogens (tertiary/aromatic N) is 1. The molecule has 1 N–H and O–H groups in total. The minimum atomic E-state index is 0.289. The van der Waals surface area contributed by atoms with E-state index in [2.05, 4.69) is 10.4 Å². The van der Waals surface area contributed by atoms with Gasteiger partial charge in [0.2, 0.25) is 5.06 Å². The Kier molecular flexibility index (Phi) is 3.48. The smallest absolute Gasteiger partial charge is 0.201 e. The average Bonchev–Trinajstić information content (AvgIpc) is 2.83. The normalized spacial score (nSPS) is 24.3. The van der Waals surface area contributed by atoms with Crippen LogP contribution in [0.2, 0.25) is 0 Å². The summed E-state index contributed by atoms with van der Waals surface area (Å²) in [6.45, 7) is 0.316. The molecule has 1 fully saturated rings. The highest BCUT2D eigenvalue weighted by Crippen LogP contribution is 2.34. The van der Waals surface area contributed by atoms with E-state index in [9.17, 15) is 0 Å². The first-order valence-electron chi connectivity index (χ1n) is 6.48. The fourth-order valence-corrected chi connectivity index (χ4v) is 3.32. The molecule has 2 aromatic rings. The van der Waals surface area contributed by atoms with Crippen molar-refractivity contribution in [2.24, 2.45) is 5.92 Å². The van der Waals surface area contributed by atoms with Crippen molar-refractivity contribution in [3.63, 3.8) is 0 Å². The van der Waals surface area contributed by atoms with E-state index in [1.54, 1.807) is 0 Å². The van der Waals surface area contributed by atoms with E-state index in [1.807, 2.05) is 18.2 Å². The highest BCUT2D eigenvalue weighted by Gasteiger charge is 2.22. The summed E-state index contributed by atoms with van der Waals surface area (Å²) in [5, 5.41) is 11.2. The van der Waals surface area contributed by atoms with Gasteiger partial charge in [0.1, 0.15) is 0 Å². The number of hydrogen-bond donors (Lipinski definition) is 1. The first kappa shape index (κ1) is 11.9. The first-order valence-corrected chi connectivity index (χ1v) is 7.26. The van der Waals surface area contributed by atoms with Crippen LogP contribution in [0.5, 0.6) is 5.06 Å². The summed E-state index contributed by atoms with van der Waals surface area (Å²) in [5.41, 5.74) is 1.02. The molecule has 0 aliphatic heterocycles. The lowest BCUT2D eigenvalue weighted by Gasteiger charge is -2.27. The fraction of sp³-hybridized carbons (Fsp3) is 0.500. The van der Waals surface area contributed by atoms with Gasteiger partial charge in [0.15, 0.2) is 0 Å². The Bertz CT molecular complexity index is 517. The lowest BCUT2D eigenvalue weighted by molar-refractivity contribution is 0.108. The molecule has 3 nitrogen and oxygen atoms in total. The molecule has 1 aliphatic carbocycles. The highest BCUT2D eigenvalue weighted by atomic mass is 32.1. The zero-order valence-electron chi connectivity index (χ0n) is 10.2. The summed E-state index contributed by atoms with van der Waals surface area (Å²) in [5.74, 6) is 0.475. The summed E-state index contributed by atoms with van der Waals surface area (Å²) in [6.07, 6.45) is 4.50. The predicted molar refractivity (Wildman–Crippen MR) is 73.1 cm³/mol. The highest BCUT2D eigenvalue weighted by molar-refractivity contribution is 7.09. The van der Waals surface area contributed by atoms with E-state index in [0.29, 0.717) is 12.5 Å². The molecule has 3 rings (SSSR count). The van der Waals surface area contributed by atoms with Crippen LogP contribution < -0.4 is 4.74 Å². The van der Waals surface area contributed by atoms with Crippen LogP contribution in [-0.2, 0) is 0 Å². The largest absolute Gasteiger partial charge is 0.479 e. The molecule has 1 aromatic carbocycles. The van der Waals surface area contributed by atoms with Crippen molar-refractivity contribution in [1.29, 1.82) is 0 Å². The number of ether oxygens (including phenoxy) is 1. The molecule has 0 unspecified atom stereocenters. The number of aliphatic hydroxyl groups excluding tert-OH is 1. The third kappa shape index (κ3) is 2.35. The zero-order valence-corrected chi connectivity index (χ0v) is 11.0. The van der Waals surface area contributed by atoms with Gasteiger partial charge in [-0.1, -0.05) is 12.1 Å². The van der Waals surface area contributed by atoms with E-state index in [0.717, 1.165) is 41.6 Å². The van der Waals surface area contributed by atoms with E-state index in [-0.39, 0.29) is 6.10 Å². The molecule has 1 aliphatic rings. The van der Waals surface area contributed by atoms with E-state index < -0.39 is 0 Å². The number of aromatic nitrogens is 1. The number of fused-ring (bicyclic) bond motifs is 1. The monoisotopic (exact) mass is 263 g/mol. The van der Waals surface area contributed by atoms with Crippen molar-refractivity contribution in [2.45, 2.75) is 31.8 Å². The molecule has 0 radical (unpaired) electrons. The first-order chi connectivity index (χ1) is 8.86. The van der Waals surface area contributed by atoms with Gasteiger partial charge in [-0.25, -0.2) is 0 Å². The second-order valence-corrected chi connectivity index (χ2v) is 5.67. The molecular formula is C14H17NO2S. The Morgan fingerprint density at radius 1 is 1.22 bits per heavy atom. The summed E-state index contributed by atoms with van der Waals surface area (Å²) < 4.78 is 10.5. The summed E-state index contributed by atoms with van der Waals surface area (Å²) in [7, 11) is 0. The van der Waals surface area contributed by atoms with E-state index in [1.165, 1.54) is 11.5 Å².